The van der Waals surface area contributed by atoms with E-state index in [1.807, 2.05) is 26.8 Å². The van der Waals surface area contributed by atoms with Gasteiger partial charge in [0.15, 0.2) is 5.65 Å². The number of rotatable bonds is 7. The molecule has 0 radical (unpaired) electrons. The van der Waals surface area contributed by atoms with Crippen molar-refractivity contribution >= 4 is 44.6 Å². The van der Waals surface area contributed by atoms with Crippen molar-refractivity contribution in [1.82, 2.24) is 19.3 Å². The van der Waals surface area contributed by atoms with Gasteiger partial charge >= 0.3 is 6.09 Å². The number of ether oxygens (including phenoxy) is 2. The predicted octanol–water partition coefficient (Wildman–Crippen LogP) is 6.25. The molecule has 3 aromatic heterocycles. The number of hydrogen-bond acceptors (Lipinski definition) is 8. The van der Waals surface area contributed by atoms with Crippen LogP contribution in [0.15, 0.2) is 65.8 Å². The normalized spacial score (nSPS) is 17.5. The molecule has 4 aromatic rings. The number of hydrogen-bond donors (Lipinski definition) is 2. The van der Waals surface area contributed by atoms with Gasteiger partial charge in [0, 0.05) is 29.2 Å². The van der Waals surface area contributed by atoms with Gasteiger partial charge in [0.2, 0.25) is 0 Å². The average Bonchev–Trinajstić information content (AvgIpc) is 3.32. The number of fused-ring (bicyclic) bond motifs is 1. The number of amides is 1. The Hall–Kier alpha value is -3.83. The van der Waals surface area contributed by atoms with Crippen LogP contribution in [0.4, 0.5) is 10.6 Å². The van der Waals surface area contributed by atoms with Crippen molar-refractivity contribution in [1.29, 1.82) is 0 Å². The maximum absolute atomic E-state index is 13.6. The molecule has 10 nitrogen and oxygen atoms in total. The van der Waals surface area contributed by atoms with Crippen molar-refractivity contribution in [2.45, 2.75) is 69.0 Å². The smallest absolute Gasteiger partial charge is 0.407 e. The molecule has 1 aromatic carbocycles. The SMILES string of the molecule is COc1cnc2c(c1)c(-c1cc(Cl)nc(NC3CCCC(NC(=O)OC(C)(C)C)C3)c1)cn2S(=O)(=O)c1ccccc1. The van der Waals surface area contributed by atoms with Crippen molar-refractivity contribution in [3.8, 4) is 16.9 Å². The first-order chi connectivity index (χ1) is 19.9. The van der Waals surface area contributed by atoms with E-state index in [4.69, 9.17) is 21.1 Å². The van der Waals surface area contributed by atoms with E-state index in [-0.39, 0.29) is 27.8 Å². The highest BCUT2D eigenvalue weighted by Crippen LogP contribution is 2.36. The molecule has 1 saturated carbocycles. The Bertz CT molecular complexity index is 1700. The summed E-state index contributed by atoms with van der Waals surface area (Å²) in [5.41, 5.74) is 0.969. The summed E-state index contributed by atoms with van der Waals surface area (Å²) >= 11 is 6.49. The third-order valence-corrected chi connectivity index (χ3v) is 8.83. The van der Waals surface area contributed by atoms with Crippen molar-refractivity contribution in [3.63, 3.8) is 0 Å². The van der Waals surface area contributed by atoms with Gasteiger partial charge in [0.1, 0.15) is 22.3 Å². The summed E-state index contributed by atoms with van der Waals surface area (Å²) in [6.45, 7) is 5.50. The summed E-state index contributed by atoms with van der Waals surface area (Å²) in [6.07, 6.45) is 5.97. The lowest BCUT2D eigenvalue weighted by Crippen LogP contribution is -2.43. The molecule has 1 fully saturated rings. The fourth-order valence-corrected chi connectivity index (χ4v) is 6.71. The Labute approximate surface area is 250 Å². The van der Waals surface area contributed by atoms with E-state index < -0.39 is 21.7 Å². The molecular weight excluding hydrogens is 578 g/mol. The lowest BCUT2D eigenvalue weighted by Gasteiger charge is -2.31. The maximum Gasteiger partial charge on any atom is 0.407 e. The van der Waals surface area contributed by atoms with Crippen molar-refractivity contribution < 1.29 is 22.7 Å². The third-order valence-electron chi connectivity index (χ3n) is 6.97. The highest BCUT2D eigenvalue weighted by Gasteiger charge is 2.27. The number of anilines is 1. The molecule has 42 heavy (non-hydrogen) atoms. The number of nitrogens with one attached hydrogen (secondary N) is 2. The number of benzene rings is 1. The maximum atomic E-state index is 13.6. The van der Waals surface area contributed by atoms with Crippen LogP contribution in [-0.4, -0.2) is 53.2 Å². The standard InChI is InChI=1S/C30H34ClN5O5S/c1-30(2,3)41-29(37)34-21-10-8-9-20(15-21)33-27-14-19(13-26(31)35-27)25-18-36(28-24(25)16-22(40-4)17-32-28)42(38,39)23-11-6-5-7-12-23/h5-7,11-14,16-18,20-21H,8-10,15H2,1-4H3,(H,33,35)(H,34,37). The number of alkyl carbamates (subject to hydrolysis) is 1. The molecule has 12 heteroatoms. The molecule has 2 N–H and O–H groups in total. The molecule has 0 saturated heterocycles. The summed E-state index contributed by atoms with van der Waals surface area (Å²) in [5, 5.41) is 7.27. The fourth-order valence-electron chi connectivity index (χ4n) is 5.15. The zero-order valence-corrected chi connectivity index (χ0v) is 25.5. The van der Waals surface area contributed by atoms with Gasteiger partial charge in [0.25, 0.3) is 10.0 Å². The van der Waals surface area contributed by atoms with Crippen LogP contribution < -0.4 is 15.4 Å². The minimum atomic E-state index is -3.94. The van der Waals surface area contributed by atoms with E-state index >= 15 is 0 Å². The lowest BCUT2D eigenvalue weighted by atomic mass is 9.91. The molecule has 1 aliphatic rings. The summed E-state index contributed by atoms with van der Waals surface area (Å²) in [6, 6.07) is 13.5. The monoisotopic (exact) mass is 611 g/mol. The zero-order valence-electron chi connectivity index (χ0n) is 23.9. The van der Waals surface area contributed by atoms with Crippen LogP contribution in [0.5, 0.6) is 5.75 Å². The van der Waals surface area contributed by atoms with Crippen LogP contribution in [0.2, 0.25) is 5.15 Å². The Morgan fingerprint density at radius 3 is 2.55 bits per heavy atom. The predicted molar refractivity (Wildman–Crippen MR) is 163 cm³/mol. The van der Waals surface area contributed by atoms with Gasteiger partial charge in [-0.25, -0.2) is 27.2 Å². The number of pyridine rings is 2. The topological polar surface area (TPSA) is 124 Å². The largest absolute Gasteiger partial charge is 0.495 e. The summed E-state index contributed by atoms with van der Waals surface area (Å²) in [4.78, 5) is 21.4. The van der Waals surface area contributed by atoms with Gasteiger partial charge < -0.3 is 20.1 Å². The molecule has 222 valence electrons. The second-order valence-electron chi connectivity index (χ2n) is 11.3. The minimum Gasteiger partial charge on any atom is -0.495 e. The number of methoxy groups -OCH3 is 1. The lowest BCUT2D eigenvalue weighted by molar-refractivity contribution is 0.0492. The molecule has 1 amide bonds. The van der Waals surface area contributed by atoms with Crippen LogP contribution in [0.25, 0.3) is 22.2 Å². The molecule has 1 aliphatic carbocycles. The quantitative estimate of drug-likeness (QED) is 0.235. The fraction of sp³-hybridized carbons (Fsp3) is 0.367. The van der Waals surface area contributed by atoms with Crippen molar-refractivity contribution in [2.24, 2.45) is 0 Å². The second-order valence-corrected chi connectivity index (χ2v) is 13.5. The van der Waals surface area contributed by atoms with Crippen molar-refractivity contribution in [3.05, 3.63) is 66.1 Å². The van der Waals surface area contributed by atoms with Gasteiger partial charge in [-0.2, -0.15) is 0 Å². The van der Waals surface area contributed by atoms with Crippen LogP contribution in [-0.2, 0) is 14.8 Å². The Kier molecular flexibility index (Phi) is 8.34. The summed E-state index contributed by atoms with van der Waals surface area (Å²) in [7, 11) is -2.41. The highest BCUT2D eigenvalue weighted by atomic mass is 35.5. The highest BCUT2D eigenvalue weighted by molar-refractivity contribution is 7.90. The molecule has 5 rings (SSSR count). The molecule has 0 aliphatic heterocycles. The molecular formula is C30H34ClN5O5S. The van der Waals surface area contributed by atoms with E-state index in [0.717, 1.165) is 19.3 Å². The van der Waals surface area contributed by atoms with Crippen LogP contribution in [0.3, 0.4) is 0 Å². The van der Waals surface area contributed by atoms with Gasteiger partial charge in [0.05, 0.1) is 18.2 Å². The summed E-state index contributed by atoms with van der Waals surface area (Å²) < 4.78 is 39.3. The minimum absolute atomic E-state index is 0.0375. The van der Waals surface area contributed by atoms with E-state index in [9.17, 15) is 13.2 Å². The summed E-state index contributed by atoms with van der Waals surface area (Å²) in [5.74, 6) is 1.03. The van der Waals surface area contributed by atoms with Gasteiger partial charge in [-0.3, -0.25) is 0 Å². The number of carbonyl (C=O) groups excluding carboxylic acids is 1. The third kappa shape index (κ3) is 6.63. The number of carbonyl (C=O) groups is 1. The Morgan fingerprint density at radius 1 is 1.10 bits per heavy atom. The van der Waals surface area contributed by atoms with Crippen LogP contribution >= 0.6 is 11.6 Å². The van der Waals surface area contributed by atoms with E-state index in [1.54, 1.807) is 48.7 Å². The first-order valence-corrected chi connectivity index (χ1v) is 15.5. The second kappa shape index (κ2) is 11.8. The number of nitrogens with zero attached hydrogens (tertiary/aromatic N) is 3. The Morgan fingerprint density at radius 2 is 1.83 bits per heavy atom. The molecule has 0 spiro atoms. The number of halogens is 1. The molecule has 2 atom stereocenters. The Balaban J connectivity index is 1.46. The van der Waals surface area contributed by atoms with Crippen molar-refractivity contribution in [2.75, 3.05) is 12.4 Å². The molecule has 3 heterocycles. The van der Waals surface area contributed by atoms with E-state index in [2.05, 4.69) is 20.6 Å². The first kappa shape index (κ1) is 29.7. The van der Waals surface area contributed by atoms with Crippen LogP contribution in [0, 0.1) is 0 Å². The van der Waals surface area contributed by atoms with E-state index in [1.165, 1.54) is 17.3 Å². The van der Waals surface area contributed by atoms with Gasteiger partial charge in [-0.05, 0) is 82.3 Å². The average molecular weight is 612 g/mol. The zero-order chi connectivity index (χ0) is 30.1. The van der Waals surface area contributed by atoms with Crippen LogP contribution in [0.1, 0.15) is 46.5 Å². The number of aromatic nitrogens is 3. The first-order valence-electron chi connectivity index (χ1n) is 13.7. The molecule has 0 bridgehead atoms. The van der Waals surface area contributed by atoms with Gasteiger partial charge in [-0.15, -0.1) is 0 Å². The molecule has 2 unspecified atom stereocenters. The van der Waals surface area contributed by atoms with Gasteiger partial charge in [-0.1, -0.05) is 29.8 Å². The van der Waals surface area contributed by atoms with E-state index in [0.29, 0.717) is 34.5 Å².